The Morgan fingerprint density at radius 3 is 1.81 bits per heavy atom. The molecule has 0 aliphatic heterocycles. The van der Waals surface area contributed by atoms with Gasteiger partial charge in [0.15, 0.2) is 0 Å². The van der Waals surface area contributed by atoms with Crippen molar-refractivity contribution in [2.45, 2.75) is 0 Å². The molecule has 16 heavy (non-hydrogen) atoms. The maximum atomic E-state index is 10.8. The average Bonchev–Trinajstić information content (AvgIpc) is 2.03. The standard InChI is InChI=1S/C8H6O5.3Na/c9-6-2-4(7(10)11)1-5(3-6)8(12)13;;;/h1-3,9H,(H,10,11)(H,12,13);;;/q;3*+1/p-2. The number of carboxylic acid groups (broad SMARTS) is 2. The van der Waals surface area contributed by atoms with Crippen molar-refractivity contribution in [1.82, 2.24) is 0 Å². The number of aromatic carboxylic acids is 2. The molecule has 0 aliphatic rings. The van der Waals surface area contributed by atoms with E-state index in [1.807, 2.05) is 0 Å². The topological polar surface area (TPSA) is 100 Å². The van der Waals surface area contributed by atoms with E-state index in [1.165, 1.54) is 0 Å². The predicted octanol–water partition coefficient (Wildman–Crippen LogP) is -10.2. The number of benzene rings is 1. The van der Waals surface area contributed by atoms with E-state index < -0.39 is 23.3 Å². The fourth-order valence-electron chi connectivity index (χ4n) is 0.840. The summed E-state index contributed by atoms with van der Waals surface area (Å²) >= 11 is 0. The van der Waals surface area contributed by atoms with E-state index in [-0.39, 0.29) is 94.2 Å². The normalized spacial score (nSPS) is 7.75. The number of carbonyl (C=O) groups excluding carboxylic acids is 1. The van der Waals surface area contributed by atoms with Crippen LogP contribution in [0.1, 0.15) is 20.7 Å². The fraction of sp³-hybridized carbons (Fsp3) is 0. The van der Waals surface area contributed by atoms with Crippen LogP contribution in [0.5, 0.6) is 5.75 Å². The zero-order chi connectivity index (χ0) is 10.0. The molecule has 0 unspecified atom stereocenters. The van der Waals surface area contributed by atoms with Crippen LogP contribution in [0.3, 0.4) is 0 Å². The summed E-state index contributed by atoms with van der Waals surface area (Å²) in [5.74, 6) is -3.58. The van der Waals surface area contributed by atoms with Gasteiger partial charge in [-0.15, -0.1) is 5.75 Å². The average molecular weight is 249 g/mol. The first-order chi connectivity index (χ1) is 6.00. The Bertz CT molecular complexity index is 348. The second-order valence-corrected chi connectivity index (χ2v) is 2.34. The Kier molecular flexibility index (Phi) is 13.8. The molecule has 5 nitrogen and oxygen atoms in total. The van der Waals surface area contributed by atoms with E-state index in [4.69, 9.17) is 5.11 Å². The van der Waals surface area contributed by atoms with E-state index in [0.717, 1.165) is 18.2 Å². The number of hydrogen-bond donors (Lipinski definition) is 1. The maximum absolute atomic E-state index is 10.8. The number of rotatable bonds is 2. The summed E-state index contributed by atoms with van der Waals surface area (Å²) in [6, 6.07) is 2.52. The zero-order valence-electron chi connectivity index (χ0n) is 9.31. The first-order valence-electron chi connectivity index (χ1n) is 3.27. The molecule has 0 bridgehead atoms. The van der Waals surface area contributed by atoms with Gasteiger partial charge in [0.25, 0.3) is 0 Å². The summed E-state index contributed by atoms with van der Waals surface area (Å²) in [6.45, 7) is 0. The van der Waals surface area contributed by atoms with E-state index in [1.54, 1.807) is 0 Å². The van der Waals surface area contributed by atoms with Gasteiger partial charge in [-0.2, -0.15) is 0 Å². The molecule has 0 spiro atoms. The molecule has 0 radical (unpaired) electrons. The van der Waals surface area contributed by atoms with Crippen molar-refractivity contribution >= 4 is 11.9 Å². The summed E-state index contributed by atoms with van der Waals surface area (Å²) in [6.07, 6.45) is 0. The van der Waals surface area contributed by atoms with Crippen LogP contribution in [0.4, 0.5) is 0 Å². The second-order valence-electron chi connectivity index (χ2n) is 2.34. The molecule has 68 valence electrons. The van der Waals surface area contributed by atoms with Gasteiger partial charge in [-0.05, 0) is 11.6 Å². The summed E-state index contributed by atoms with van der Waals surface area (Å²) in [5.41, 5.74) is -0.781. The molecule has 1 rings (SSSR count). The third-order valence-corrected chi connectivity index (χ3v) is 1.39. The molecule has 0 saturated carbocycles. The quantitative estimate of drug-likeness (QED) is 0.524. The molecule has 1 N–H and O–H groups in total. The Morgan fingerprint density at radius 2 is 1.44 bits per heavy atom. The molecular weight excluding hydrogens is 245 g/mol. The monoisotopic (exact) mass is 249 g/mol. The molecule has 0 aromatic heterocycles. The third kappa shape index (κ3) is 6.64. The summed E-state index contributed by atoms with van der Waals surface area (Å²) in [5, 5.41) is 29.5. The first-order valence-corrected chi connectivity index (χ1v) is 3.27. The van der Waals surface area contributed by atoms with E-state index in [2.05, 4.69) is 0 Å². The van der Waals surface area contributed by atoms with Crippen molar-refractivity contribution in [3.05, 3.63) is 29.3 Å². The van der Waals surface area contributed by atoms with Crippen LogP contribution in [0.2, 0.25) is 0 Å². The second kappa shape index (κ2) is 9.94. The molecule has 0 heterocycles. The van der Waals surface area contributed by atoms with Crippen molar-refractivity contribution in [2.75, 3.05) is 0 Å². The van der Waals surface area contributed by atoms with Crippen LogP contribution in [-0.4, -0.2) is 17.0 Å². The van der Waals surface area contributed by atoms with Crippen LogP contribution >= 0.6 is 0 Å². The number of hydrogen-bond acceptors (Lipinski definition) is 4. The minimum Gasteiger partial charge on any atom is -0.872 e. The molecule has 0 fully saturated rings. The van der Waals surface area contributed by atoms with Crippen LogP contribution in [0.15, 0.2) is 18.2 Å². The van der Waals surface area contributed by atoms with Gasteiger partial charge in [0.05, 0.1) is 11.5 Å². The Morgan fingerprint density at radius 1 is 1.00 bits per heavy atom. The first kappa shape index (κ1) is 22.2. The van der Waals surface area contributed by atoms with E-state index >= 15 is 0 Å². The predicted molar refractivity (Wildman–Crippen MR) is 37.2 cm³/mol. The Hall–Kier alpha value is 0.960. The van der Waals surface area contributed by atoms with Crippen molar-refractivity contribution in [2.24, 2.45) is 0 Å². The van der Waals surface area contributed by atoms with Gasteiger partial charge in [0, 0.05) is 0 Å². The fourth-order valence-corrected chi connectivity index (χ4v) is 0.840. The molecule has 0 saturated heterocycles. The minimum atomic E-state index is -1.57. The maximum Gasteiger partial charge on any atom is 1.00 e. The molecule has 0 aliphatic carbocycles. The van der Waals surface area contributed by atoms with Crippen molar-refractivity contribution in [3.8, 4) is 5.75 Å². The molecule has 0 amide bonds. The summed E-state index contributed by atoms with van der Waals surface area (Å²) in [4.78, 5) is 20.7. The largest absolute Gasteiger partial charge is 1.00 e. The van der Waals surface area contributed by atoms with Gasteiger partial charge in [-0.1, -0.05) is 12.1 Å². The van der Waals surface area contributed by atoms with Crippen molar-refractivity contribution in [1.29, 1.82) is 0 Å². The van der Waals surface area contributed by atoms with Gasteiger partial charge in [-0.25, -0.2) is 4.79 Å². The van der Waals surface area contributed by atoms with Crippen LogP contribution < -0.4 is 98.9 Å². The van der Waals surface area contributed by atoms with E-state index in [0.29, 0.717) is 0 Å². The van der Waals surface area contributed by atoms with Crippen LogP contribution in [0, 0.1) is 0 Å². The molecule has 1 aromatic carbocycles. The van der Waals surface area contributed by atoms with Crippen LogP contribution in [-0.2, 0) is 0 Å². The van der Waals surface area contributed by atoms with Gasteiger partial charge in [0.2, 0.25) is 0 Å². The molecular formula is C8H4Na3O5+. The zero-order valence-corrected chi connectivity index (χ0v) is 15.3. The van der Waals surface area contributed by atoms with Gasteiger partial charge in [0.1, 0.15) is 0 Å². The van der Waals surface area contributed by atoms with Crippen molar-refractivity contribution in [3.63, 3.8) is 0 Å². The summed E-state index contributed by atoms with van der Waals surface area (Å²) in [7, 11) is 0. The van der Waals surface area contributed by atoms with Crippen molar-refractivity contribution < 1.29 is 114 Å². The van der Waals surface area contributed by atoms with Gasteiger partial charge in [-0.3, -0.25) is 0 Å². The SMILES string of the molecule is O=C([O-])c1cc([O-])cc(C(=O)O)c1.[Na+].[Na+].[Na+]. The Balaban J connectivity index is -0.000000563. The number of carbonyl (C=O) groups is 2. The Labute approximate surface area is 158 Å². The molecule has 8 heteroatoms. The summed E-state index contributed by atoms with van der Waals surface area (Å²) < 4.78 is 0. The number of carboxylic acids is 2. The smallest absolute Gasteiger partial charge is 0.872 e. The molecule has 1 aromatic rings. The van der Waals surface area contributed by atoms with Gasteiger partial charge < -0.3 is 20.1 Å². The minimum absolute atomic E-state index is 0. The van der Waals surface area contributed by atoms with Gasteiger partial charge >= 0.3 is 94.6 Å². The van der Waals surface area contributed by atoms with E-state index in [9.17, 15) is 19.8 Å². The molecule has 0 atom stereocenters. The third-order valence-electron chi connectivity index (χ3n) is 1.39. The van der Waals surface area contributed by atoms with Crippen LogP contribution in [0.25, 0.3) is 0 Å².